The number of rotatable bonds is 0. The topological polar surface area (TPSA) is 82.1 Å². The second kappa shape index (κ2) is 7.65. The van der Waals surface area contributed by atoms with Crippen molar-refractivity contribution in [3.8, 4) is 23.0 Å². The van der Waals surface area contributed by atoms with E-state index < -0.39 is 11.6 Å². The zero-order valence-electron chi connectivity index (χ0n) is 20.6. The fourth-order valence-corrected chi connectivity index (χ4v) is 6.62. The summed E-state index contributed by atoms with van der Waals surface area (Å²) >= 11 is 13.6. The molecule has 6 nitrogen and oxygen atoms in total. The first kappa shape index (κ1) is 23.4. The number of phenolic OH excluding ortho intramolecular Hbond substituents is 1. The summed E-state index contributed by atoms with van der Waals surface area (Å²) in [4.78, 5) is 25.8. The third-order valence-corrected chi connectivity index (χ3v) is 8.92. The lowest BCUT2D eigenvalue weighted by Crippen LogP contribution is -2.34. The van der Waals surface area contributed by atoms with Crippen LogP contribution in [0, 0.1) is 20.8 Å². The summed E-state index contributed by atoms with van der Waals surface area (Å²) in [5.74, 6) is 0.176. The van der Waals surface area contributed by atoms with Crippen LogP contribution in [0.15, 0.2) is 36.4 Å². The molecule has 0 aliphatic carbocycles. The quantitative estimate of drug-likeness (QED) is 0.185. The van der Waals surface area contributed by atoms with E-state index in [9.17, 15) is 14.7 Å². The van der Waals surface area contributed by atoms with Gasteiger partial charge in [-0.3, -0.25) is 4.79 Å². The maximum absolute atomic E-state index is 13.7. The van der Waals surface area contributed by atoms with Crippen LogP contribution in [0.2, 0.25) is 10.0 Å². The van der Waals surface area contributed by atoms with Gasteiger partial charge < -0.3 is 19.3 Å². The van der Waals surface area contributed by atoms with Gasteiger partial charge in [-0.05, 0) is 85.2 Å². The molecule has 1 atom stereocenters. The summed E-state index contributed by atoms with van der Waals surface area (Å²) in [6, 6.07) is 10.5. The number of benzene rings is 4. The summed E-state index contributed by atoms with van der Waals surface area (Å²) < 4.78 is 18.5. The number of hydrogen-bond acceptors (Lipinski definition) is 6. The molecule has 190 valence electrons. The van der Waals surface area contributed by atoms with Crippen LogP contribution in [0.1, 0.15) is 55.7 Å². The molecule has 1 N–H and O–H groups in total. The summed E-state index contributed by atoms with van der Waals surface area (Å²) in [7, 11) is 0. The van der Waals surface area contributed by atoms with Crippen molar-refractivity contribution in [3.05, 3.63) is 91.0 Å². The van der Waals surface area contributed by atoms with Gasteiger partial charge in [0.2, 0.25) is 0 Å². The number of aromatic hydroxyl groups is 1. The molecular weight excluding hydrogens is 527 g/mol. The number of aryl methyl sites for hydroxylation is 1. The zero-order chi connectivity index (χ0) is 26.7. The Morgan fingerprint density at radius 2 is 1.61 bits per heavy atom. The van der Waals surface area contributed by atoms with Crippen molar-refractivity contribution in [3.63, 3.8) is 0 Å². The Bertz CT molecular complexity index is 1810. The van der Waals surface area contributed by atoms with Crippen LogP contribution < -0.4 is 9.47 Å². The second-order valence-electron chi connectivity index (χ2n) is 9.99. The van der Waals surface area contributed by atoms with Gasteiger partial charge in [0, 0.05) is 27.1 Å². The van der Waals surface area contributed by atoms with Crippen LogP contribution in [-0.2, 0) is 21.6 Å². The molecule has 4 aromatic rings. The van der Waals surface area contributed by atoms with Crippen molar-refractivity contribution in [2.24, 2.45) is 0 Å². The van der Waals surface area contributed by atoms with E-state index in [2.05, 4.69) is 0 Å². The van der Waals surface area contributed by atoms with E-state index in [4.69, 9.17) is 37.4 Å². The largest absolute Gasteiger partial charge is 0.508 e. The fraction of sp³-hybridized carbons (Fsp3) is 0.200. The molecule has 4 aromatic carbocycles. The van der Waals surface area contributed by atoms with Gasteiger partial charge in [-0.2, -0.15) is 0 Å². The summed E-state index contributed by atoms with van der Waals surface area (Å²) in [5, 5.41) is 12.2. The molecule has 1 spiro atoms. The molecule has 0 radical (unpaired) electrons. The Labute approximate surface area is 227 Å². The fourth-order valence-electron chi connectivity index (χ4n) is 6.08. The van der Waals surface area contributed by atoms with Gasteiger partial charge in [-0.1, -0.05) is 29.3 Å². The number of hydrogen-bond donors (Lipinski definition) is 1. The highest BCUT2D eigenvalue weighted by Crippen LogP contribution is 2.62. The minimum atomic E-state index is -1.38. The van der Waals surface area contributed by atoms with Crippen molar-refractivity contribution >= 4 is 45.9 Å². The van der Waals surface area contributed by atoms with E-state index in [1.807, 2.05) is 39.0 Å². The van der Waals surface area contributed by atoms with Crippen LogP contribution in [0.3, 0.4) is 0 Å². The van der Waals surface area contributed by atoms with Crippen LogP contribution in [-0.4, -0.2) is 17.0 Å². The maximum Gasteiger partial charge on any atom is 0.340 e. The maximum atomic E-state index is 13.7. The lowest BCUT2D eigenvalue weighted by atomic mass is 9.73. The minimum Gasteiger partial charge on any atom is -0.508 e. The van der Waals surface area contributed by atoms with E-state index in [0.29, 0.717) is 50.4 Å². The van der Waals surface area contributed by atoms with Crippen molar-refractivity contribution in [1.29, 1.82) is 0 Å². The van der Waals surface area contributed by atoms with Gasteiger partial charge >= 0.3 is 11.9 Å². The Hall–Kier alpha value is -3.74. The number of carbonyl (C=O) groups excluding carboxylic acids is 2. The van der Waals surface area contributed by atoms with Crippen LogP contribution in [0.4, 0.5) is 0 Å². The SMILES string of the molecule is Cc1c(C)c2c(c(C)c1Cl)C(=O)OC21c2cc3c(c(Cl)c2Oc2c1ccc1cc(O)ccc21)OC(=O)CC3. The molecule has 1 unspecified atom stereocenters. The zero-order valence-corrected chi connectivity index (χ0v) is 22.1. The third-order valence-electron chi connectivity index (χ3n) is 8.01. The first-order valence-corrected chi connectivity index (χ1v) is 12.9. The number of phenols is 1. The summed E-state index contributed by atoms with van der Waals surface area (Å²) in [5.41, 5.74) is 3.96. The Morgan fingerprint density at radius 1 is 0.816 bits per heavy atom. The molecule has 0 aromatic heterocycles. The van der Waals surface area contributed by atoms with Gasteiger partial charge in [-0.15, -0.1) is 0 Å². The number of esters is 2. The molecule has 3 heterocycles. The van der Waals surface area contributed by atoms with E-state index >= 15 is 0 Å². The number of fused-ring (bicyclic) bond motifs is 9. The molecule has 7 rings (SSSR count). The predicted octanol–water partition coefficient (Wildman–Crippen LogP) is 7.20. The third kappa shape index (κ3) is 2.79. The Morgan fingerprint density at radius 3 is 2.39 bits per heavy atom. The molecule has 0 saturated carbocycles. The highest BCUT2D eigenvalue weighted by Gasteiger charge is 2.56. The number of carbonyl (C=O) groups is 2. The van der Waals surface area contributed by atoms with Crippen molar-refractivity contribution in [1.82, 2.24) is 0 Å². The van der Waals surface area contributed by atoms with Crippen molar-refractivity contribution in [2.45, 2.75) is 39.2 Å². The monoisotopic (exact) mass is 546 g/mol. The Balaban J connectivity index is 1.67. The molecule has 8 heteroatoms. The molecule has 0 bridgehead atoms. The normalized spacial score (nSPS) is 18.9. The molecule has 0 fully saturated rings. The summed E-state index contributed by atoms with van der Waals surface area (Å²) in [6.07, 6.45) is 0.642. The number of ether oxygens (including phenoxy) is 3. The molecular formula is C30H20Cl2O6. The lowest BCUT2D eigenvalue weighted by molar-refractivity contribution is -0.135. The molecule has 3 aliphatic heterocycles. The van der Waals surface area contributed by atoms with E-state index in [0.717, 1.165) is 22.1 Å². The van der Waals surface area contributed by atoms with Gasteiger partial charge in [0.1, 0.15) is 16.5 Å². The van der Waals surface area contributed by atoms with E-state index in [1.165, 1.54) is 0 Å². The van der Waals surface area contributed by atoms with Gasteiger partial charge in [0.25, 0.3) is 0 Å². The molecule has 0 saturated heterocycles. The van der Waals surface area contributed by atoms with E-state index in [1.54, 1.807) is 18.2 Å². The first-order chi connectivity index (χ1) is 18.1. The highest BCUT2D eigenvalue weighted by atomic mass is 35.5. The molecule has 0 amide bonds. The average Bonchev–Trinajstić information content (AvgIpc) is 3.20. The average molecular weight is 547 g/mol. The summed E-state index contributed by atoms with van der Waals surface area (Å²) in [6.45, 7) is 5.67. The minimum absolute atomic E-state index is 0.108. The van der Waals surface area contributed by atoms with Gasteiger partial charge in [-0.25, -0.2) is 4.79 Å². The van der Waals surface area contributed by atoms with E-state index in [-0.39, 0.29) is 34.7 Å². The van der Waals surface area contributed by atoms with Crippen LogP contribution >= 0.6 is 23.2 Å². The second-order valence-corrected chi connectivity index (χ2v) is 10.7. The lowest BCUT2D eigenvalue weighted by Gasteiger charge is -2.39. The Kier molecular flexibility index (Phi) is 4.71. The smallest absolute Gasteiger partial charge is 0.340 e. The molecule has 38 heavy (non-hydrogen) atoms. The van der Waals surface area contributed by atoms with Crippen LogP contribution in [0.25, 0.3) is 10.8 Å². The van der Waals surface area contributed by atoms with Gasteiger partial charge in [0.05, 0.1) is 12.0 Å². The van der Waals surface area contributed by atoms with Crippen molar-refractivity contribution < 1.29 is 28.9 Å². The standard InChI is InChI=1S/C30H20Cl2O6/c1-12-13(2)24(31)14(3)22-23(12)30(38-29(22)35)19-8-4-15-10-17(33)6-7-18(15)27(19)37-28-20(30)11-16-5-9-21(34)36-26(16)25(28)32/h4,6-8,10-11,33H,5,9H2,1-3H3. The number of halogens is 2. The highest BCUT2D eigenvalue weighted by molar-refractivity contribution is 6.34. The molecule has 3 aliphatic rings. The van der Waals surface area contributed by atoms with Crippen molar-refractivity contribution in [2.75, 3.05) is 0 Å². The van der Waals surface area contributed by atoms with Crippen LogP contribution in [0.5, 0.6) is 23.0 Å². The van der Waals surface area contributed by atoms with Gasteiger partial charge in [0.15, 0.2) is 17.1 Å². The predicted molar refractivity (Wildman–Crippen MR) is 142 cm³/mol. The first-order valence-electron chi connectivity index (χ1n) is 12.2.